The van der Waals surface area contributed by atoms with Gasteiger partial charge in [-0.05, 0) is 89.1 Å². The van der Waals surface area contributed by atoms with Crippen LogP contribution in [0, 0.1) is 17.0 Å². The van der Waals surface area contributed by atoms with E-state index in [4.69, 9.17) is 9.47 Å². The molecule has 4 rings (SSSR count). The first-order valence-electron chi connectivity index (χ1n) is 13.2. The van der Waals surface area contributed by atoms with Crippen molar-refractivity contribution in [1.82, 2.24) is 0 Å². The molecule has 0 bridgehead atoms. The largest absolute Gasteiger partial charge is 0.497 e. The van der Waals surface area contributed by atoms with Gasteiger partial charge in [-0.15, -0.1) is 0 Å². The highest BCUT2D eigenvalue weighted by Gasteiger charge is 2.37. The molecule has 0 aliphatic heterocycles. The predicted molar refractivity (Wildman–Crippen MR) is 145 cm³/mol. The Labute approximate surface area is 223 Å². The van der Waals surface area contributed by atoms with Gasteiger partial charge in [0.15, 0.2) is 0 Å². The third-order valence-corrected chi connectivity index (χ3v) is 7.90. The van der Waals surface area contributed by atoms with Crippen molar-refractivity contribution in [2.45, 2.75) is 71.3 Å². The van der Waals surface area contributed by atoms with Crippen LogP contribution in [-0.4, -0.2) is 18.2 Å². The van der Waals surface area contributed by atoms with Gasteiger partial charge < -0.3 is 14.6 Å². The number of ether oxygens (including phenoxy) is 2. The molecular weight excluding hydrogens is 486 g/mol. The second-order valence-electron chi connectivity index (χ2n) is 10.9. The molecular formula is C32H36F2O4. The van der Waals surface area contributed by atoms with Crippen molar-refractivity contribution >= 4 is 5.97 Å². The molecule has 1 N–H and O–H groups in total. The Balaban J connectivity index is 1.66. The van der Waals surface area contributed by atoms with Crippen LogP contribution in [0.5, 0.6) is 11.5 Å². The van der Waals surface area contributed by atoms with Gasteiger partial charge in [0.2, 0.25) is 0 Å². The molecule has 0 heterocycles. The molecule has 3 aromatic rings. The molecule has 4 nitrogen and oxygen atoms in total. The second kappa shape index (κ2) is 11.5. The lowest BCUT2D eigenvalue weighted by Gasteiger charge is -2.30. The van der Waals surface area contributed by atoms with E-state index < -0.39 is 11.8 Å². The minimum atomic E-state index is -0.918. The molecule has 0 aromatic heterocycles. The Hall–Kier alpha value is -3.41. The van der Waals surface area contributed by atoms with E-state index in [0.717, 1.165) is 36.0 Å². The number of carboxylic acid groups (broad SMARTS) is 1. The molecule has 1 aliphatic rings. The van der Waals surface area contributed by atoms with E-state index in [0.29, 0.717) is 29.0 Å². The monoisotopic (exact) mass is 522 g/mol. The average Bonchev–Trinajstić information content (AvgIpc) is 3.24. The van der Waals surface area contributed by atoms with Crippen LogP contribution in [0.3, 0.4) is 0 Å². The standard InChI is InChI=1S/C32H36F2O4/c1-5-21(16-31(35)36)22-14-23(33)17-25(15-22)38-19-20-8-10-26(28-18-24(37-4)9-11-30(28)34)27(13-20)29-7-6-12-32(29,2)3/h8-11,13-15,17-18,21,29H,5-7,12,16,19H2,1-4H3,(H,35,36)/t21-,29+/m1/s1. The van der Waals surface area contributed by atoms with Crippen molar-refractivity contribution in [2.24, 2.45) is 5.41 Å². The quantitative estimate of drug-likeness (QED) is 0.290. The Bertz CT molecular complexity index is 1300. The maximum absolute atomic E-state index is 15.0. The first-order valence-corrected chi connectivity index (χ1v) is 13.2. The lowest BCUT2D eigenvalue weighted by molar-refractivity contribution is -0.137. The zero-order chi connectivity index (χ0) is 27.4. The van der Waals surface area contributed by atoms with Gasteiger partial charge >= 0.3 is 5.97 Å². The van der Waals surface area contributed by atoms with Crippen LogP contribution in [0.1, 0.15) is 81.4 Å². The molecule has 0 spiro atoms. The van der Waals surface area contributed by atoms with Gasteiger partial charge in [0.05, 0.1) is 13.5 Å². The number of rotatable bonds is 10. The number of hydrogen-bond donors (Lipinski definition) is 1. The summed E-state index contributed by atoms with van der Waals surface area (Å²) >= 11 is 0. The summed E-state index contributed by atoms with van der Waals surface area (Å²) in [6.07, 6.45) is 3.74. The van der Waals surface area contributed by atoms with E-state index in [-0.39, 0.29) is 36.1 Å². The predicted octanol–water partition coefficient (Wildman–Crippen LogP) is 8.48. The van der Waals surface area contributed by atoms with E-state index >= 15 is 4.39 Å². The maximum atomic E-state index is 15.0. The number of halogens is 2. The molecule has 6 heteroatoms. The first kappa shape index (κ1) is 27.6. The third-order valence-electron chi connectivity index (χ3n) is 7.90. The summed E-state index contributed by atoms with van der Waals surface area (Å²) in [5.74, 6) is -0.762. The fourth-order valence-electron chi connectivity index (χ4n) is 5.76. The summed E-state index contributed by atoms with van der Waals surface area (Å²) in [7, 11) is 1.57. The molecule has 202 valence electrons. The van der Waals surface area contributed by atoms with E-state index in [1.165, 1.54) is 18.2 Å². The van der Waals surface area contributed by atoms with Gasteiger partial charge in [-0.25, -0.2) is 8.78 Å². The zero-order valence-electron chi connectivity index (χ0n) is 22.5. The van der Waals surface area contributed by atoms with E-state index in [1.54, 1.807) is 25.3 Å². The number of carbonyl (C=O) groups is 1. The van der Waals surface area contributed by atoms with E-state index in [1.807, 2.05) is 19.1 Å². The van der Waals surface area contributed by atoms with Crippen molar-refractivity contribution in [3.8, 4) is 22.6 Å². The molecule has 0 unspecified atom stereocenters. The van der Waals surface area contributed by atoms with Crippen LogP contribution in [0.15, 0.2) is 54.6 Å². The summed E-state index contributed by atoms with van der Waals surface area (Å²) in [6.45, 7) is 6.61. The number of methoxy groups -OCH3 is 1. The highest BCUT2D eigenvalue weighted by Crippen LogP contribution is 2.51. The van der Waals surface area contributed by atoms with E-state index in [9.17, 15) is 14.3 Å². The Morgan fingerprint density at radius 1 is 1.05 bits per heavy atom. The highest BCUT2D eigenvalue weighted by atomic mass is 19.1. The summed E-state index contributed by atoms with van der Waals surface area (Å²) < 4.78 is 40.8. The Morgan fingerprint density at radius 3 is 2.50 bits per heavy atom. The van der Waals surface area contributed by atoms with Crippen molar-refractivity contribution < 1.29 is 28.2 Å². The first-order chi connectivity index (χ1) is 18.1. The average molecular weight is 523 g/mol. The van der Waals surface area contributed by atoms with Crippen LogP contribution in [0.4, 0.5) is 8.78 Å². The van der Waals surface area contributed by atoms with Crippen LogP contribution in [0.25, 0.3) is 11.1 Å². The molecule has 38 heavy (non-hydrogen) atoms. The summed E-state index contributed by atoms with van der Waals surface area (Å²) in [4.78, 5) is 11.2. The fourth-order valence-corrected chi connectivity index (χ4v) is 5.76. The SMILES string of the molecule is CC[C@H](CC(=O)O)c1cc(F)cc(OCc2ccc(-c3cc(OC)ccc3F)c([C@@H]3CCCC3(C)C)c2)c1. The number of benzene rings is 3. The fraction of sp³-hybridized carbons (Fsp3) is 0.406. The maximum Gasteiger partial charge on any atom is 0.303 e. The van der Waals surface area contributed by atoms with Gasteiger partial charge in [-0.1, -0.05) is 45.4 Å². The Kier molecular flexibility index (Phi) is 8.39. The van der Waals surface area contributed by atoms with Gasteiger partial charge in [-0.3, -0.25) is 4.79 Å². The molecule has 0 saturated heterocycles. The minimum absolute atomic E-state index is 0.0672. The van der Waals surface area contributed by atoms with Crippen LogP contribution in [-0.2, 0) is 11.4 Å². The summed E-state index contributed by atoms with van der Waals surface area (Å²) in [6, 6.07) is 15.2. The number of hydrogen-bond acceptors (Lipinski definition) is 3. The summed E-state index contributed by atoms with van der Waals surface area (Å²) in [5, 5.41) is 9.22. The van der Waals surface area contributed by atoms with Gasteiger partial charge in [-0.2, -0.15) is 0 Å². The van der Waals surface area contributed by atoms with Gasteiger partial charge in [0.1, 0.15) is 29.7 Å². The molecule has 0 amide bonds. The molecule has 0 radical (unpaired) electrons. The number of aliphatic carboxylic acids is 1. The smallest absolute Gasteiger partial charge is 0.303 e. The third kappa shape index (κ3) is 6.17. The van der Waals surface area contributed by atoms with Crippen molar-refractivity contribution in [3.63, 3.8) is 0 Å². The lowest BCUT2D eigenvalue weighted by atomic mass is 9.75. The van der Waals surface area contributed by atoms with Crippen LogP contribution < -0.4 is 9.47 Å². The van der Waals surface area contributed by atoms with Crippen LogP contribution in [0.2, 0.25) is 0 Å². The van der Waals surface area contributed by atoms with Crippen molar-refractivity contribution in [2.75, 3.05) is 7.11 Å². The second-order valence-corrected chi connectivity index (χ2v) is 10.9. The number of carboxylic acids is 1. The molecule has 1 saturated carbocycles. The Morgan fingerprint density at radius 2 is 1.84 bits per heavy atom. The molecule has 1 aliphatic carbocycles. The minimum Gasteiger partial charge on any atom is -0.497 e. The van der Waals surface area contributed by atoms with Crippen molar-refractivity contribution in [3.05, 3.63) is 82.9 Å². The summed E-state index contributed by atoms with van der Waals surface area (Å²) in [5.41, 5.74) is 4.01. The van der Waals surface area contributed by atoms with E-state index in [2.05, 4.69) is 19.9 Å². The van der Waals surface area contributed by atoms with Gasteiger partial charge in [0, 0.05) is 11.6 Å². The topological polar surface area (TPSA) is 55.8 Å². The van der Waals surface area contributed by atoms with Crippen LogP contribution >= 0.6 is 0 Å². The molecule has 1 fully saturated rings. The van der Waals surface area contributed by atoms with Crippen molar-refractivity contribution in [1.29, 1.82) is 0 Å². The molecule has 3 aromatic carbocycles. The molecule has 2 atom stereocenters. The lowest BCUT2D eigenvalue weighted by Crippen LogP contribution is -2.17. The highest BCUT2D eigenvalue weighted by molar-refractivity contribution is 5.71. The zero-order valence-corrected chi connectivity index (χ0v) is 22.5. The normalized spacial score (nSPS) is 17.3. The van der Waals surface area contributed by atoms with Gasteiger partial charge in [0.25, 0.3) is 0 Å².